The Morgan fingerprint density at radius 2 is 1.57 bits per heavy atom. The summed E-state index contributed by atoms with van der Waals surface area (Å²) >= 11 is 3.32. The number of hydrogen-bond acceptors (Lipinski definition) is 1. The van der Waals surface area contributed by atoms with E-state index in [1.165, 1.54) is 11.1 Å². The molecular formula is C12H10BrN. The standard InChI is InChI=1S/C12H10BrN/c1-9-2-4-10(5-3-9)11-6-7-12(13)14-8-11/h2-8H,1H3. The van der Waals surface area contributed by atoms with E-state index >= 15 is 0 Å². The Labute approximate surface area is 91.9 Å². The Balaban J connectivity index is 2.40. The van der Waals surface area contributed by atoms with Crippen LogP contribution in [-0.4, -0.2) is 4.98 Å². The molecule has 2 aromatic rings. The van der Waals surface area contributed by atoms with Crippen LogP contribution in [0.1, 0.15) is 5.56 Å². The fourth-order valence-corrected chi connectivity index (χ4v) is 1.53. The molecule has 0 radical (unpaired) electrons. The lowest BCUT2D eigenvalue weighted by Gasteiger charge is -2.01. The summed E-state index contributed by atoms with van der Waals surface area (Å²) in [5.74, 6) is 0. The fraction of sp³-hybridized carbons (Fsp3) is 0.0833. The summed E-state index contributed by atoms with van der Waals surface area (Å²) in [6.45, 7) is 2.09. The van der Waals surface area contributed by atoms with Crippen LogP contribution in [0.5, 0.6) is 0 Å². The highest BCUT2D eigenvalue weighted by molar-refractivity contribution is 9.10. The summed E-state index contributed by atoms with van der Waals surface area (Å²) < 4.78 is 0.869. The highest BCUT2D eigenvalue weighted by Gasteiger charge is 1.96. The maximum atomic E-state index is 4.19. The van der Waals surface area contributed by atoms with Gasteiger partial charge in [-0.15, -0.1) is 0 Å². The Morgan fingerprint density at radius 1 is 0.929 bits per heavy atom. The molecule has 0 aliphatic rings. The molecule has 0 atom stereocenters. The predicted octanol–water partition coefficient (Wildman–Crippen LogP) is 3.82. The van der Waals surface area contributed by atoms with Gasteiger partial charge < -0.3 is 0 Å². The highest BCUT2D eigenvalue weighted by Crippen LogP contribution is 2.19. The van der Waals surface area contributed by atoms with Crippen LogP contribution in [0, 0.1) is 6.92 Å². The Morgan fingerprint density at radius 3 is 2.14 bits per heavy atom. The van der Waals surface area contributed by atoms with Crippen molar-refractivity contribution in [3.8, 4) is 11.1 Å². The number of benzene rings is 1. The minimum atomic E-state index is 0.869. The van der Waals surface area contributed by atoms with Gasteiger partial charge in [-0.05, 0) is 34.5 Å². The van der Waals surface area contributed by atoms with Gasteiger partial charge in [0, 0.05) is 11.8 Å². The predicted molar refractivity (Wildman–Crippen MR) is 62.1 cm³/mol. The zero-order valence-corrected chi connectivity index (χ0v) is 9.45. The summed E-state index contributed by atoms with van der Waals surface area (Å²) in [6.07, 6.45) is 1.87. The summed E-state index contributed by atoms with van der Waals surface area (Å²) in [7, 11) is 0. The van der Waals surface area contributed by atoms with Gasteiger partial charge in [0.2, 0.25) is 0 Å². The Kier molecular flexibility index (Phi) is 2.64. The molecule has 0 bridgehead atoms. The fourth-order valence-electron chi connectivity index (χ4n) is 1.29. The molecule has 70 valence electrons. The molecule has 0 spiro atoms. The minimum absolute atomic E-state index is 0.869. The lowest BCUT2D eigenvalue weighted by Crippen LogP contribution is -1.80. The van der Waals surface area contributed by atoms with Gasteiger partial charge in [0.1, 0.15) is 4.60 Å². The average molecular weight is 248 g/mol. The van der Waals surface area contributed by atoms with Crippen LogP contribution in [0.3, 0.4) is 0 Å². The van der Waals surface area contributed by atoms with Gasteiger partial charge >= 0.3 is 0 Å². The van der Waals surface area contributed by atoms with E-state index in [2.05, 4.69) is 58.2 Å². The summed E-state index contributed by atoms with van der Waals surface area (Å²) in [4.78, 5) is 4.19. The summed E-state index contributed by atoms with van der Waals surface area (Å²) in [5, 5.41) is 0. The number of nitrogens with zero attached hydrogens (tertiary/aromatic N) is 1. The molecule has 2 heteroatoms. The molecule has 0 aliphatic carbocycles. The lowest BCUT2D eigenvalue weighted by molar-refractivity contribution is 1.28. The van der Waals surface area contributed by atoms with Gasteiger partial charge in [0.25, 0.3) is 0 Å². The second-order valence-electron chi connectivity index (χ2n) is 3.24. The average Bonchev–Trinajstić information content (AvgIpc) is 2.21. The van der Waals surface area contributed by atoms with Crippen LogP contribution < -0.4 is 0 Å². The number of halogens is 1. The Bertz CT molecular complexity index is 374. The van der Waals surface area contributed by atoms with Crippen molar-refractivity contribution >= 4 is 15.9 Å². The van der Waals surface area contributed by atoms with Crippen molar-refractivity contribution in [1.29, 1.82) is 0 Å². The first-order valence-corrected chi connectivity index (χ1v) is 5.23. The summed E-state index contributed by atoms with van der Waals surface area (Å²) in [5.41, 5.74) is 3.63. The number of rotatable bonds is 1. The lowest BCUT2D eigenvalue weighted by atomic mass is 10.1. The first-order chi connectivity index (χ1) is 6.75. The molecule has 0 amide bonds. The van der Waals surface area contributed by atoms with E-state index in [9.17, 15) is 0 Å². The van der Waals surface area contributed by atoms with Crippen LogP contribution in [0.2, 0.25) is 0 Å². The maximum absolute atomic E-state index is 4.19. The van der Waals surface area contributed by atoms with E-state index in [1.807, 2.05) is 12.3 Å². The minimum Gasteiger partial charge on any atom is -0.249 e. The molecule has 0 saturated carbocycles. The van der Waals surface area contributed by atoms with E-state index in [-0.39, 0.29) is 0 Å². The van der Waals surface area contributed by atoms with Crippen LogP contribution in [0.15, 0.2) is 47.2 Å². The van der Waals surface area contributed by atoms with Crippen LogP contribution in [0.4, 0.5) is 0 Å². The van der Waals surface area contributed by atoms with Crippen molar-refractivity contribution in [2.45, 2.75) is 6.92 Å². The molecule has 0 N–H and O–H groups in total. The van der Waals surface area contributed by atoms with E-state index < -0.39 is 0 Å². The smallest absolute Gasteiger partial charge is 0.106 e. The molecular weight excluding hydrogens is 238 g/mol. The van der Waals surface area contributed by atoms with Crippen molar-refractivity contribution in [2.75, 3.05) is 0 Å². The first kappa shape index (κ1) is 9.41. The third-order valence-electron chi connectivity index (χ3n) is 2.11. The van der Waals surface area contributed by atoms with Crippen molar-refractivity contribution in [1.82, 2.24) is 4.98 Å². The first-order valence-electron chi connectivity index (χ1n) is 4.44. The number of pyridine rings is 1. The SMILES string of the molecule is Cc1ccc(-c2ccc(Br)nc2)cc1. The molecule has 0 unspecified atom stereocenters. The topological polar surface area (TPSA) is 12.9 Å². The molecule has 0 fully saturated rings. The number of hydrogen-bond donors (Lipinski definition) is 0. The molecule has 0 saturated heterocycles. The quantitative estimate of drug-likeness (QED) is 0.699. The van der Waals surface area contributed by atoms with E-state index in [0.717, 1.165) is 10.2 Å². The van der Waals surface area contributed by atoms with Gasteiger partial charge in [-0.3, -0.25) is 0 Å². The molecule has 0 aliphatic heterocycles. The number of aromatic nitrogens is 1. The number of aryl methyl sites for hydroxylation is 1. The molecule has 14 heavy (non-hydrogen) atoms. The van der Waals surface area contributed by atoms with Crippen LogP contribution in [-0.2, 0) is 0 Å². The molecule has 1 aromatic heterocycles. The zero-order chi connectivity index (χ0) is 9.97. The van der Waals surface area contributed by atoms with E-state index in [1.54, 1.807) is 0 Å². The molecule has 1 aromatic carbocycles. The highest BCUT2D eigenvalue weighted by atomic mass is 79.9. The Hall–Kier alpha value is -1.15. The van der Waals surface area contributed by atoms with Gasteiger partial charge in [-0.25, -0.2) is 4.98 Å². The molecule has 2 rings (SSSR count). The second kappa shape index (κ2) is 3.93. The van der Waals surface area contributed by atoms with Crippen molar-refractivity contribution in [2.24, 2.45) is 0 Å². The third-order valence-corrected chi connectivity index (χ3v) is 2.58. The van der Waals surface area contributed by atoms with Crippen LogP contribution >= 0.6 is 15.9 Å². The van der Waals surface area contributed by atoms with Crippen molar-refractivity contribution in [3.05, 3.63) is 52.8 Å². The largest absolute Gasteiger partial charge is 0.249 e. The van der Waals surface area contributed by atoms with Gasteiger partial charge in [-0.2, -0.15) is 0 Å². The second-order valence-corrected chi connectivity index (χ2v) is 4.05. The van der Waals surface area contributed by atoms with Gasteiger partial charge in [-0.1, -0.05) is 35.9 Å². The monoisotopic (exact) mass is 247 g/mol. The van der Waals surface area contributed by atoms with Crippen molar-refractivity contribution < 1.29 is 0 Å². The summed E-state index contributed by atoms with van der Waals surface area (Å²) in [6, 6.07) is 12.5. The van der Waals surface area contributed by atoms with Crippen molar-refractivity contribution in [3.63, 3.8) is 0 Å². The maximum Gasteiger partial charge on any atom is 0.106 e. The molecule has 1 nitrogen and oxygen atoms in total. The van der Waals surface area contributed by atoms with Crippen LogP contribution in [0.25, 0.3) is 11.1 Å². The van der Waals surface area contributed by atoms with Gasteiger partial charge in [0.15, 0.2) is 0 Å². The van der Waals surface area contributed by atoms with E-state index in [0.29, 0.717) is 0 Å². The third kappa shape index (κ3) is 2.02. The normalized spacial score (nSPS) is 10.1. The van der Waals surface area contributed by atoms with Gasteiger partial charge in [0.05, 0.1) is 0 Å². The molecule has 1 heterocycles. The zero-order valence-electron chi connectivity index (χ0n) is 7.87. The van der Waals surface area contributed by atoms with E-state index in [4.69, 9.17) is 0 Å².